The number of rotatable bonds is 7. The second-order valence-corrected chi connectivity index (χ2v) is 9.95. The predicted molar refractivity (Wildman–Crippen MR) is 115 cm³/mol. The van der Waals surface area contributed by atoms with E-state index >= 15 is 0 Å². The van der Waals surface area contributed by atoms with Gasteiger partial charge in [-0.2, -0.15) is 0 Å². The van der Waals surface area contributed by atoms with Gasteiger partial charge in [0.15, 0.2) is 5.54 Å². The Hall–Kier alpha value is -1.68. The molecule has 4 heteroatoms. The molecule has 5 atom stereocenters. The van der Waals surface area contributed by atoms with Gasteiger partial charge >= 0.3 is 0 Å². The molecule has 3 heterocycles. The fourth-order valence-corrected chi connectivity index (χ4v) is 5.84. The molecule has 0 aromatic heterocycles. The van der Waals surface area contributed by atoms with Crippen LogP contribution >= 0.6 is 0 Å². The third kappa shape index (κ3) is 3.30. The van der Waals surface area contributed by atoms with Crippen molar-refractivity contribution in [3.63, 3.8) is 0 Å². The molecule has 2 fully saturated rings. The van der Waals surface area contributed by atoms with Gasteiger partial charge in [-0.3, -0.25) is 14.7 Å². The van der Waals surface area contributed by atoms with Gasteiger partial charge in [0.2, 0.25) is 5.91 Å². The molecule has 3 aliphatic heterocycles. The summed E-state index contributed by atoms with van der Waals surface area (Å²) in [6.07, 6.45) is 4.26. The lowest BCUT2D eigenvalue weighted by molar-refractivity contribution is -0.131. The van der Waals surface area contributed by atoms with Crippen molar-refractivity contribution in [3.05, 3.63) is 35.9 Å². The van der Waals surface area contributed by atoms with E-state index in [-0.39, 0.29) is 11.9 Å². The number of nitrogens with zero attached hydrogens (tertiary/aromatic N) is 2. The summed E-state index contributed by atoms with van der Waals surface area (Å²) in [4.78, 5) is 21.1. The van der Waals surface area contributed by atoms with E-state index in [1.54, 1.807) is 0 Å². The Balaban J connectivity index is 1.68. The van der Waals surface area contributed by atoms with Crippen LogP contribution in [0.25, 0.3) is 0 Å². The van der Waals surface area contributed by atoms with Gasteiger partial charge in [0.25, 0.3) is 0 Å². The zero-order valence-corrected chi connectivity index (χ0v) is 17.8. The monoisotopic (exact) mass is 381 g/mol. The first-order chi connectivity index (χ1) is 13.4. The minimum absolute atomic E-state index is 0.162. The minimum Gasteiger partial charge on any atom is -0.354 e. The summed E-state index contributed by atoms with van der Waals surface area (Å²) in [5.74, 6) is 2.51. The van der Waals surface area contributed by atoms with Crippen molar-refractivity contribution in [2.24, 2.45) is 34.6 Å². The van der Waals surface area contributed by atoms with Gasteiger partial charge in [0, 0.05) is 37.8 Å². The average molecular weight is 382 g/mol. The average Bonchev–Trinajstić information content (AvgIpc) is 2.91. The summed E-state index contributed by atoms with van der Waals surface area (Å²) in [7, 11) is 0. The van der Waals surface area contributed by atoms with E-state index in [1.807, 2.05) is 0 Å². The highest BCUT2D eigenvalue weighted by molar-refractivity contribution is 5.92. The normalized spacial score (nSPS) is 33.8. The second-order valence-electron chi connectivity index (χ2n) is 9.95. The highest BCUT2D eigenvalue weighted by Gasteiger charge is 2.67. The zero-order valence-electron chi connectivity index (χ0n) is 17.8. The Morgan fingerprint density at radius 1 is 1.21 bits per heavy atom. The lowest BCUT2D eigenvalue weighted by atomic mass is 9.59. The molecule has 0 spiro atoms. The van der Waals surface area contributed by atoms with Crippen molar-refractivity contribution in [2.75, 3.05) is 19.6 Å². The maximum atomic E-state index is 13.5. The first-order valence-corrected chi connectivity index (χ1v) is 11.0. The number of carbonyl (C=O) groups excluding carboxylic acids is 1. The molecule has 152 valence electrons. The highest BCUT2D eigenvalue weighted by Crippen LogP contribution is 2.54. The number of aliphatic imine (C=N–C) groups is 1. The number of hydrogen-bond acceptors (Lipinski definition) is 3. The fourth-order valence-electron chi connectivity index (χ4n) is 5.84. The molecule has 5 rings (SSSR count). The van der Waals surface area contributed by atoms with Crippen LogP contribution in [0.2, 0.25) is 0 Å². The van der Waals surface area contributed by atoms with Gasteiger partial charge in [-0.05, 0) is 42.1 Å². The van der Waals surface area contributed by atoms with Crippen molar-refractivity contribution < 1.29 is 4.79 Å². The molecular formula is C24H35N3O. The Kier molecular flexibility index (Phi) is 5.34. The van der Waals surface area contributed by atoms with Crippen LogP contribution < -0.4 is 5.32 Å². The van der Waals surface area contributed by atoms with Gasteiger partial charge in [0.05, 0.1) is 0 Å². The molecule has 1 saturated carbocycles. The smallest absolute Gasteiger partial charge is 0.249 e. The SMILES string of the molecule is CC(C)CNC(=O)C12N=CC3CC1CN(CC(C)C)C2C3Cc1ccccc1. The van der Waals surface area contributed by atoms with E-state index in [0.29, 0.717) is 29.6 Å². The standard InChI is InChI=1S/C24H35N3O/c1-16(2)12-25-23(28)24-20-11-19(13-26-24)21(10-18-8-6-5-7-9-18)22(24)27(15-20)14-17(3)4/h5-9,13,16-17,19-22H,10-12,14-15H2,1-4H3,(H,25,28). The lowest BCUT2D eigenvalue weighted by Gasteiger charge is -2.51. The maximum Gasteiger partial charge on any atom is 0.249 e. The number of hydrogen-bond donors (Lipinski definition) is 1. The van der Waals surface area contributed by atoms with Gasteiger partial charge in [-0.15, -0.1) is 0 Å². The molecule has 5 unspecified atom stereocenters. The van der Waals surface area contributed by atoms with E-state index in [4.69, 9.17) is 4.99 Å². The Morgan fingerprint density at radius 3 is 2.64 bits per heavy atom. The topological polar surface area (TPSA) is 44.7 Å². The summed E-state index contributed by atoms with van der Waals surface area (Å²) in [5.41, 5.74) is 0.789. The number of amides is 1. The largest absolute Gasteiger partial charge is 0.354 e. The number of nitrogens with one attached hydrogen (secondary N) is 1. The van der Waals surface area contributed by atoms with Gasteiger partial charge in [-0.25, -0.2) is 0 Å². The zero-order chi connectivity index (χ0) is 19.9. The van der Waals surface area contributed by atoms with Crippen molar-refractivity contribution >= 4 is 12.1 Å². The predicted octanol–water partition coefficient (Wildman–Crippen LogP) is 3.42. The molecule has 0 radical (unpaired) electrons. The molecule has 4 nitrogen and oxygen atoms in total. The van der Waals surface area contributed by atoms with Crippen LogP contribution in [0.15, 0.2) is 35.3 Å². The molecule has 1 saturated heterocycles. The van der Waals surface area contributed by atoms with Crippen molar-refractivity contribution in [1.29, 1.82) is 0 Å². The molecule has 1 N–H and O–H groups in total. The van der Waals surface area contributed by atoms with Crippen molar-refractivity contribution in [2.45, 2.75) is 52.1 Å². The van der Waals surface area contributed by atoms with Gasteiger partial charge in [-0.1, -0.05) is 58.0 Å². The Labute approximate surface area is 169 Å². The van der Waals surface area contributed by atoms with E-state index in [1.165, 1.54) is 5.56 Å². The third-order valence-electron chi connectivity index (χ3n) is 6.86. The van der Waals surface area contributed by atoms with Crippen LogP contribution in [0.3, 0.4) is 0 Å². The minimum atomic E-state index is -0.585. The van der Waals surface area contributed by atoms with Crippen molar-refractivity contribution in [1.82, 2.24) is 10.2 Å². The van der Waals surface area contributed by atoms with E-state index in [0.717, 1.165) is 32.5 Å². The second kappa shape index (κ2) is 7.62. The molecule has 1 aliphatic carbocycles. The summed E-state index contributed by atoms with van der Waals surface area (Å²) >= 11 is 0. The van der Waals surface area contributed by atoms with Crippen LogP contribution in [0, 0.1) is 29.6 Å². The Bertz CT molecular complexity index is 729. The highest BCUT2D eigenvalue weighted by atomic mass is 16.2. The third-order valence-corrected chi connectivity index (χ3v) is 6.86. The summed E-state index contributed by atoms with van der Waals surface area (Å²) < 4.78 is 0. The van der Waals surface area contributed by atoms with Gasteiger partial charge in [0.1, 0.15) is 0 Å². The maximum absolute atomic E-state index is 13.5. The lowest BCUT2D eigenvalue weighted by Crippen LogP contribution is -2.66. The summed E-state index contributed by atoms with van der Waals surface area (Å²) in [6, 6.07) is 11.0. The van der Waals surface area contributed by atoms with Crippen LogP contribution in [-0.2, 0) is 11.2 Å². The molecule has 4 bridgehead atoms. The van der Waals surface area contributed by atoms with Crippen LogP contribution in [-0.4, -0.2) is 48.2 Å². The van der Waals surface area contributed by atoms with Crippen LogP contribution in [0.4, 0.5) is 0 Å². The number of carbonyl (C=O) groups is 1. The molecule has 1 amide bonds. The summed E-state index contributed by atoms with van der Waals surface area (Å²) in [5, 5.41) is 3.25. The van der Waals surface area contributed by atoms with Crippen molar-refractivity contribution in [3.8, 4) is 0 Å². The van der Waals surface area contributed by atoms with Crippen LogP contribution in [0.5, 0.6) is 0 Å². The van der Waals surface area contributed by atoms with E-state index in [9.17, 15) is 4.79 Å². The molecular weight excluding hydrogens is 346 g/mol. The molecule has 1 aromatic rings. The molecule has 28 heavy (non-hydrogen) atoms. The number of likely N-dealkylation sites (tertiary alicyclic amines) is 1. The first kappa shape index (κ1) is 19.6. The quantitative estimate of drug-likeness (QED) is 0.787. The van der Waals surface area contributed by atoms with Crippen LogP contribution in [0.1, 0.15) is 39.7 Å². The fraction of sp³-hybridized carbons (Fsp3) is 0.667. The number of benzene rings is 1. The first-order valence-electron chi connectivity index (χ1n) is 11.0. The van der Waals surface area contributed by atoms with Gasteiger partial charge < -0.3 is 5.32 Å². The molecule has 1 aromatic carbocycles. The van der Waals surface area contributed by atoms with E-state index in [2.05, 4.69) is 74.5 Å². The summed E-state index contributed by atoms with van der Waals surface area (Å²) in [6.45, 7) is 11.6. The Morgan fingerprint density at radius 2 is 1.96 bits per heavy atom. The van der Waals surface area contributed by atoms with E-state index < -0.39 is 5.54 Å². The molecule has 4 aliphatic rings.